The number of allylic oxidation sites excluding steroid dienone is 3. The molecule has 1 aliphatic carbocycles. The van der Waals surface area contributed by atoms with E-state index >= 15 is 0 Å². The molecule has 0 radical (unpaired) electrons. The monoisotopic (exact) mass is 184 g/mol. The first-order valence-electron chi connectivity index (χ1n) is 4.20. The third kappa shape index (κ3) is 2.43. The predicted molar refractivity (Wildman–Crippen MR) is 55.3 cm³/mol. The highest BCUT2D eigenvalue weighted by Crippen LogP contribution is 2.24. The molecule has 0 heterocycles. The molecule has 1 nitrogen and oxygen atoms in total. The summed E-state index contributed by atoms with van der Waals surface area (Å²) < 4.78 is 5.39. The molecule has 3 heteroatoms. The fourth-order valence-electron chi connectivity index (χ4n) is 1.58. The molecular formula is C8H16OSi2. The molecule has 0 unspecified atom stereocenters. The molecule has 0 fully saturated rings. The summed E-state index contributed by atoms with van der Waals surface area (Å²) in [5.41, 5.74) is 1.50. The van der Waals surface area contributed by atoms with Crippen LogP contribution in [-0.2, 0) is 4.12 Å². The molecule has 0 saturated heterocycles. The first kappa shape index (κ1) is 8.97. The molecular weight excluding hydrogens is 168 g/mol. The van der Waals surface area contributed by atoms with E-state index in [1.807, 2.05) is 6.08 Å². The van der Waals surface area contributed by atoms with Gasteiger partial charge in [-0.25, -0.2) is 0 Å². The van der Waals surface area contributed by atoms with Crippen molar-refractivity contribution in [2.45, 2.75) is 25.7 Å². The van der Waals surface area contributed by atoms with Gasteiger partial charge in [0.05, 0.1) is 0 Å². The average Bonchev–Trinajstić information content (AvgIpc) is 2.06. The SMILES string of the molecule is C=CC1=C([SiH2]O[SiH3])CCCC1. The number of rotatable bonds is 3. The number of hydrogen-bond acceptors (Lipinski definition) is 1. The predicted octanol–water partition coefficient (Wildman–Crippen LogP) is 0.381. The zero-order valence-electron chi connectivity index (χ0n) is 7.23. The quantitative estimate of drug-likeness (QED) is 0.576. The fourth-order valence-corrected chi connectivity index (χ4v) is 3.87. The van der Waals surface area contributed by atoms with Gasteiger partial charge in [0.15, 0.2) is 9.76 Å². The van der Waals surface area contributed by atoms with Gasteiger partial charge in [0, 0.05) is 0 Å². The van der Waals surface area contributed by atoms with Crippen molar-refractivity contribution in [3.05, 3.63) is 23.4 Å². The smallest absolute Gasteiger partial charge is 0.174 e. The normalized spacial score (nSPS) is 20.0. The average molecular weight is 184 g/mol. The van der Waals surface area contributed by atoms with Crippen LogP contribution in [-0.4, -0.2) is 20.2 Å². The Balaban J connectivity index is 2.64. The van der Waals surface area contributed by atoms with Gasteiger partial charge in [-0.1, -0.05) is 23.4 Å². The first-order valence-corrected chi connectivity index (χ1v) is 6.31. The summed E-state index contributed by atoms with van der Waals surface area (Å²) in [5.74, 6) is 0. The lowest BCUT2D eigenvalue weighted by molar-refractivity contribution is 0.645. The Bertz CT molecular complexity index is 175. The van der Waals surface area contributed by atoms with E-state index in [2.05, 4.69) is 6.58 Å². The Morgan fingerprint density at radius 1 is 1.45 bits per heavy atom. The lowest BCUT2D eigenvalue weighted by Crippen LogP contribution is -2.07. The highest BCUT2D eigenvalue weighted by molar-refractivity contribution is 6.43. The lowest BCUT2D eigenvalue weighted by atomic mass is 9.99. The summed E-state index contributed by atoms with van der Waals surface area (Å²) in [7, 11) is 0.597. The third-order valence-electron chi connectivity index (χ3n) is 2.19. The van der Waals surface area contributed by atoms with Crippen molar-refractivity contribution in [2.24, 2.45) is 0 Å². The molecule has 0 spiro atoms. The highest BCUT2D eigenvalue weighted by Gasteiger charge is 2.09. The Morgan fingerprint density at radius 2 is 2.18 bits per heavy atom. The Kier molecular flexibility index (Phi) is 3.82. The maximum atomic E-state index is 5.39. The molecule has 0 amide bonds. The lowest BCUT2D eigenvalue weighted by Gasteiger charge is -2.16. The van der Waals surface area contributed by atoms with Crippen LogP contribution in [0, 0.1) is 0 Å². The first-order chi connectivity index (χ1) is 5.38. The van der Waals surface area contributed by atoms with Gasteiger partial charge < -0.3 is 4.12 Å². The maximum absolute atomic E-state index is 5.39. The van der Waals surface area contributed by atoms with Crippen molar-refractivity contribution >= 4 is 20.2 Å². The summed E-state index contributed by atoms with van der Waals surface area (Å²) in [6, 6.07) is 0. The molecule has 0 bridgehead atoms. The van der Waals surface area contributed by atoms with Crippen LogP contribution < -0.4 is 0 Å². The Hall–Kier alpha value is -0.126. The van der Waals surface area contributed by atoms with Crippen molar-refractivity contribution in [1.82, 2.24) is 0 Å². The molecule has 0 atom stereocenters. The summed E-state index contributed by atoms with van der Waals surface area (Å²) in [6.07, 6.45) is 7.28. The molecule has 62 valence electrons. The zero-order chi connectivity index (χ0) is 8.10. The molecule has 1 aliphatic rings. The zero-order valence-corrected chi connectivity index (χ0v) is 10.6. The van der Waals surface area contributed by atoms with Gasteiger partial charge in [-0.05, 0) is 25.7 Å². The van der Waals surface area contributed by atoms with Crippen LogP contribution >= 0.6 is 0 Å². The molecule has 0 saturated carbocycles. The van der Waals surface area contributed by atoms with Gasteiger partial charge in [0.1, 0.15) is 10.5 Å². The summed E-state index contributed by atoms with van der Waals surface area (Å²) >= 11 is 0. The van der Waals surface area contributed by atoms with E-state index in [0.29, 0.717) is 0 Å². The minimum absolute atomic E-state index is 0.312. The van der Waals surface area contributed by atoms with E-state index in [1.165, 1.54) is 31.3 Å². The van der Waals surface area contributed by atoms with E-state index in [9.17, 15) is 0 Å². The van der Waals surface area contributed by atoms with Gasteiger partial charge in [-0.2, -0.15) is 0 Å². The summed E-state index contributed by atoms with van der Waals surface area (Å²) in [4.78, 5) is 0. The standard InChI is InChI=1S/C8H16OSi2/c1-2-7-5-3-4-6-8(7)11-9-10/h2H,1,3-6,11H2,10H3. The van der Waals surface area contributed by atoms with E-state index in [-0.39, 0.29) is 9.76 Å². The van der Waals surface area contributed by atoms with Crippen LogP contribution in [0.25, 0.3) is 0 Å². The van der Waals surface area contributed by atoms with Crippen LogP contribution in [0.3, 0.4) is 0 Å². The molecule has 0 aromatic heterocycles. The molecule has 0 aromatic carbocycles. The largest absolute Gasteiger partial charge is 0.465 e. The second kappa shape index (κ2) is 4.69. The Labute approximate surface area is 74.0 Å². The topological polar surface area (TPSA) is 9.23 Å². The number of hydrogen-bond donors (Lipinski definition) is 0. The molecule has 0 aliphatic heterocycles. The van der Waals surface area contributed by atoms with Gasteiger partial charge in [0.25, 0.3) is 0 Å². The van der Waals surface area contributed by atoms with Crippen LogP contribution in [0.5, 0.6) is 0 Å². The van der Waals surface area contributed by atoms with Crippen molar-refractivity contribution < 1.29 is 4.12 Å². The van der Waals surface area contributed by atoms with Gasteiger partial charge >= 0.3 is 0 Å². The summed E-state index contributed by atoms with van der Waals surface area (Å²) in [6.45, 7) is 3.84. The third-order valence-corrected chi connectivity index (χ3v) is 4.50. The van der Waals surface area contributed by atoms with Gasteiger partial charge in [-0.3, -0.25) is 0 Å². The van der Waals surface area contributed by atoms with E-state index in [0.717, 1.165) is 10.5 Å². The van der Waals surface area contributed by atoms with Crippen molar-refractivity contribution in [3.8, 4) is 0 Å². The van der Waals surface area contributed by atoms with E-state index in [1.54, 1.807) is 5.20 Å². The summed E-state index contributed by atoms with van der Waals surface area (Å²) in [5, 5.41) is 1.63. The minimum Gasteiger partial charge on any atom is -0.465 e. The van der Waals surface area contributed by atoms with Crippen LogP contribution in [0.1, 0.15) is 25.7 Å². The molecule has 11 heavy (non-hydrogen) atoms. The van der Waals surface area contributed by atoms with Gasteiger partial charge in [-0.15, -0.1) is 0 Å². The Morgan fingerprint density at radius 3 is 2.82 bits per heavy atom. The van der Waals surface area contributed by atoms with Crippen molar-refractivity contribution in [1.29, 1.82) is 0 Å². The minimum atomic E-state index is -0.312. The molecule has 0 N–H and O–H groups in total. The van der Waals surface area contributed by atoms with Crippen molar-refractivity contribution in [2.75, 3.05) is 0 Å². The molecule has 1 rings (SSSR count). The van der Waals surface area contributed by atoms with Crippen LogP contribution in [0.15, 0.2) is 23.4 Å². The van der Waals surface area contributed by atoms with Crippen molar-refractivity contribution in [3.63, 3.8) is 0 Å². The van der Waals surface area contributed by atoms with Gasteiger partial charge in [0.2, 0.25) is 0 Å². The molecule has 0 aromatic rings. The van der Waals surface area contributed by atoms with E-state index < -0.39 is 0 Å². The van der Waals surface area contributed by atoms with E-state index in [4.69, 9.17) is 4.12 Å². The maximum Gasteiger partial charge on any atom is 0.174 e. The highest BCUT2D eigenvalue weighted by atomic mass is 28.3. The fraction of sp³-hybridized carbons (Fsp3) is 0.500. The van der Waals surface area contributed by atoms with Crippen LogP contribution in [0.4, 0.5) is 0 Å². The second-order valence-corrected chi connectivity index (χ2v) is 6.42. The van der Waals surface area contributed by atoms with Crippen LogP contribution in [0.2, 0.25) is 0 Å². The second-order valence-electron chi connectivity index (χ2n) is 2.97.